The van der Waals surface area contributed by atoms with E-state index >= 15 is 0 Å². The molecule has 0 aromatic carbocycles. The quantitative estimate of drug-likeness (QED) is 0.259. The van der Waals surface area contributed by atoms with Gasteiger partial charge in [0.15, 0.2) is 11.9 Å². The van der Waals surface area contributed by atoms with Crippen LogP contribution < -0.4 is 4.73 Å². The van der Waals surface area contributed by atoms with Crippen molar-refractivity contribution in [2.24, 2.45) is 0 Å². The summed E-state index contributed by atoms with van der Waals surface area (Å²) in [5.41, 5.74) is 1.80. The van der Waals surface area contributed by atoms with Gasteiger partial charge in [0.25, 0.3) is 0 Å². The predicted octanol–water partition coefficient (Wildman–Crippen LogP) is 2.28. The Labute approximate surface area is 105 Å². The average molecular weight is 262 g/mol. The van der Waals surface area contributed by atoms with Gasteiger partial charge in [0.1, 0.15) is 0 Å². The maximum Gasteiger partial charge on any atom is 0.193 e. The molecule has 0 saturated carbocycles. The fourth-order valence-corrected chi connectivity index (χ4v) is 2.29. The van der Waals surface area contributed by atoms with Gasteiger partial charge in [-0.15, -0.1) is 23.4 Å². The standard InChI is InChI=1S/C11H16ClNO2S/c1-9-10(2)13(14)5-3-11(9)16-8-7-15-6-4-12/h3,5H,4,6-8H2,1-2H3. The van der Waals surface area contributed by atoms with Gasteiger partial charge >= 0.3 is 0 Å². The first-order valence-corrected chi connectivity index (χ1v) is 6.64. The molecule has 0 N–H and O–H groups in total. The predicted molar refractivity (Wildman–Crippen MR) is 67.1 cm³/mol. The van der Waals surface area contributed by atoms with Gasteiger partial charge in [0.2, 0.25) is 0 Å². The second-order valence-electron chi connectivity index (χ2n) is 3.37. The molecule has 0 fully saturated rings. The second kappa shape index (κ2) is 6.99. The highest BCUT2D eigenvalue weighted by Gasteiger charge is 2.08. The lowest BCUT2D eigenvalue weighted by Crippen LogP contribution is -2.30. The molecule has 1 heterocycles. The van der Waals surface area contributed by atoms with Crippen molar-refractivity contribution in [2.45, 2.75) is 18.7 Å². The van der Waals surface area contributed by atoms with Crippen molar-refractivity contribution < 1.29 is 9.47 Å². The summed E-state index contributed by atoms with van der Waals surface area (Å²) in [7, 11) is 0. The van der Waals surface area contributed by atoms with E-state index in [0.717, 1.165) is 26.6 Å². The summed E-state index contributed by atoms with van der Waals surface area (Å²) in [6, 6.07) is 1.85. The summed E-state index contributed by atoms with van der Waals surface area (Å²) in [5.74, 6) is 1.41. The smallest absolute Gasteiger partial charge is 0.193 e. The Kier molecular flexibility index (Phi) is 5.95. The number of hydrogen-bond donors (Lipinski definition) is 0. The number of alkyl halides is 1. The van der Waals surface area contributed by atoms with Crippen molar-refractivity contribution in [3.8, 4) is 0 Å². The fraction of sp³-hybridized carbons (Fsp3) is 0.545. The highest BCUT2D eigenvalue weighted by Crippen LogP contribution is 2.22. The maximum atomic E-state index is 11.3. The van der Waals surface area contributed by atoms with Crippen LogP contribution in [0.25, 0.3) is 0 Å². The topological polar surface area (TPSA) is 36.2 Å². The molecule has 0 atom stereocenters. The Balaban J connectivity index is 2.45. The van der Waals surface area contributed by atoms with Crippen LogP contribution in [0.5, 0.6) is 0 Å². The van der Waals surface area contributed by atoms with Gasteiger partial charge in [-0.3, -0.25) is 0 Å². The molecule has 0 unspecified atom stereocenters. The minimum atomic E-state index is 0.532. The monoisotopic (exact) mass is 261 g/mol. The van der Waals surface area contributed by atoms with Crippen LogP contribution in [0.1, 0.15) is 11.3 Å². The molecule has 90 valence electrons. The molecular weight excluding hydrogens is 246 g/mol. The van der Waals surface area contributed by atoms with Crippen LogP contribution in [-0.2, 0) is 4.74 Å². The first kappa shape index (κ1) is 13.6. The SMILES string of the molecule is Cc1c(SCCOCCCl)cc[n+]([O-])c1C. The third-order valence-electron chi connectivity index (χ3n) is 2.31. The first-order valence-electron chi connectivity index (χ1n) is 5.12. The zero-order valence-electron chi connectivity index (χ0n) is 9.53. The highest BCUT2D eigenvalue weighted by molar-refractivity contribution is 7.99. The second-order valence-corrected chi connectivity index (χ2v) is 4.88. The molecule has 0 aliphatic carbocycles. The number of aromatic nitrogens is 1. The molecule has 0 aliphatic rings. The minimum Gasteiger partial charge on any atom is -0.619 e. The molecule has 1 rings (SSSR count). The number of thioether (sulfide) groups is 1. The zero-order valence-corrected chi connectivity index (χ0v) is 11.1. The molecule has 0 aliphatic heterocycles. The van der Waals surface area contributed by atoms with Crippen LogP contribution >= 0.6 is 23.4 Å². The van der Waals surface area contributed by atoms with Crippen molar-refractivity contribution in [2.75, 3.05) is 24.8 Å². The molecule has 3 nitrogen and oxygen atoms in total. The normalized spacial score (nSPS) is 10.7. The highest BCUT2D eigenvalue weighted by atomic mass is 35.5. The summed E-state index contributed by atoms with van der Waals surface area (Å²) in [6.07, 6.45) is 1.55. The number of halogens is 1. The van der Waals surface area contributed by atoms with Crippen LogP contribution in [0.15, 0.2) is 17.2 Å². The number of nitrogens with zero attached hydrogens (tertiary/aromatic N) is 1. The molecule has 0 amide bonds. The molecule has 0 saturated heterocycles. The van der Waals surface area contributed by atoms with E-state index in [1.165, 1.54) is 0 Å². The van der Waals surface area contributed by atoms with Crippen molar-refractivity contribution in [3.63, 3.8) is 0 Å². The summed E-state index contributed by atoms with van der Waals surface area (Å²) in [6.45, 7) is 5.07. The average Bonchev–Trinajstić information content (AvgIpc) is 2.28. The Morgan fingerprint density at radius 3 is 2.88 bits per heavy atom. The van der Waals surface area contributed by atoms with Crippen molar-refractivity contribution in [3.05, 3.63) is 28.7 Å². The van der Waals surface area contributed by atoms with Gasteiger partial charge in [-0.05, 0) is 6.92 Å². The number of rotatable bonds is 6. The first-order chi connectivity index (χ1) is 7.66. The molecular formula is C11H16ClNO2S. The van der Waals surface area contributed by atoms with Crippen LogP contribution in [0.3, 0.4) is 0 Å². The van der Waals surface area contributed by atoms with E-state index in [1.54, 1.807) is 18.0 Å². The lowest BCUT2D eigenvalue weighted by Gasteiger charge is -2.08. The third-order valence-corrected chi connectivity index (χ3v) is 3.59. The van der Waals surface area contributed by atoms with E-state index in [-0.39, 0.29) is 0 Å². The summed E-state index contributed by atoms with van der Waals surface area (Å²) >= 11 is 7.19. The largest absolute Gasteiger partial charge is 0.619 e. The van der Waals surface area contributed by atoms with Gasteiger partial charge in [0.05, 0.1) is 13.2 Å². The molecule has 1 aromatic rings. The molecule has 1 aromatic heterocycles. The van der Waals surface area contributed by atoms with E-state index < -0.39 is 0 Å². The van der Waals surface area contributed by atoms with Gasteiger partial charge in [-0.2, -0.15) is 4.73 Å². The fourth-order valence-electron chi connectivity index (χ4n) is 1.24. The van der Waals surface area contributed by atoms with Crippen LogP contribution in [0.2, 0.25) is 0 Å². The Bertz CT molecular complexity index is 347. The molecule has 0 radical (unpaired) electrons. The molecule has 0 spiro atoms. The van der Waals surface area contributed by atoms with Crippen molar-refractivity contribution in [1.82, 2.24) is 0 Å². The van der Waals surface area contributed by atoms with Gasteiger partial charge in [0, 0.05) is 35.1 Å². The summed E-state index contributed by atoms with van der Waals surface area (Å²) in [5, 5.41) is 11.3. The van der Waals surface area contributed by atoms with E-state index in [9.17, 15) is 5.21 Å². The van der Waals surface area contributed by atoms with E-state index in [2.05, 4.69) is 0 Å². The number of ether oxygens (including phenoxy) is 1. The van der Waals surface area contributed by atoms with Gasteiger partial charge in [-0.1, -0.05) is 0 Å². The summed E-state index contributed by atoms with van der Waals surface area (Å²) < 4.78 is 6.17. The van der Waals surface area contributed by atoms with Gasteiger partial charge < -0.3 is 9.94 Å². The zero-order chi connectivity index (χ0) is 12.0. The van der Waals surface area contributed by atoms with E-state index in [1.807, 2.05) is 19.9 Å². The van der Waals surface area contributed by atoms with Crippen LogP contribution in [0.4, 0.5) is 0 Å². The van der Waals surface area contributed by atoms with Crippen molar-refractivity contribution >= 4 is 23.4 Å². The van der Waals surface area contributed by atoms with Crippen LogP contribution in [-0.4, -0.2) is 24.8 Å². The molecule has 5 heteroatoms. The summed E-state index contributed by atoms with van der Waals surface area (Å²) in [4.78, 5) is 1.14. The Hall–Kier alpha value is -0.450. The van der Waals surface area contributed by atoms with Gasteiger partial charge in [-0.25, -0.2) is 0 Å². The van der Waals surface area contributed by atoms with E-state index in [4.69, 9.17) is 16.3 Å². The third kappa shape index (κ3) is 3.85. The lowest BCUT2D eigenvalue weighted by atomic mass is 10.2. The van der Waals surface area contributed by atoms with Crippen molar-refractivity contribution in [1.29, 1.82) is 0 Å². The number of hydrogen-bond acceptors (Lipinski definition) is 3. The molecule has 0 bridgehead atoms. The molecule has 16 heavy (non-hydrogen) atoms. The minimum absolute atomic E-state index is 0.532. The van der Waals surface area contributed by atoms with E-state index in [0.29, 0.717) is 19.1 Å². The van der Waals surface area contributed by atoms with Crippen LogP contribution in [0, 0.1) is 19.1 Å². The Morgan fingerprint density at radius 2 is 2.19 bits per heavy atom. The number of pyridine rings is 1. The maximum absolute atomic E-state index is 11.3. The lowest BCUT2D eigenvalue weighted by molar-refractivity contribution is -0.613. The Morgan fingerprint density at radius 1 is 1.44 bits per heavy atom.